The summed E-state index contributed by atoms with van der Waals surface area (Å²) in [5.74, 6) is -1.62. The molecule has 1 aliphatic heterocycles. The molecule has 0 aliphatic carbocycles. The van der Waals surface area contributed by atoms with E-state index >= 15 is 0 Å². The number of anilines is 1. The molecule has 0 radical (unpaired) electrons. The summed E-state index contributed by atoms with van der Waals surface area (Å²) in [5, 5.41) is 6.55. The summed E-state index contributed by atoms with van der Waals surface area (Å²) >= 11 is 0. The predicted octanol–water partition coefficient (Wildman–Crippen LogP) is 2.60. The largest absolute Gasteiger partial charge is 0.329 e. The van der Waals surface area contributed by atoms with Gasteiger partial charge in [-0.15, -0.1) is 0 Å². The zero-order chi connectivity index (χ0) is 17.8. The lowest BCUT2D eigenvalue weighted by molar-refractivity contribution is -0.120. The Morgan fingerprint density at radius 2 is 1.92 bits per heavy atom. The summed E-state index contributed by atoms with van der Waals surface area (Å²) in [6.45, 7) is 5.28. The van der Waals surface area contributed by atoms with Gasteiger partial charge < -0.3 is 0 Å². The fourth-order valence-electron chi connectivity index (χ4n) is 2.99. The molecule has 2 heterocycles. The van der Waals surface area contributed by atoms with E-state index < -0.39 is 23.1 Å². The van der Waals surface area contributed by atoms with Crippen molar-refractivity contribution < 1.29 is 18.4 Å². The summed E-state index contributed by atoms with van der Waals surface area (Å²) in [7, 11) is 1.53. The van der Waals surface area contributed by atoms with E-state index in [1.165, 1.54) is 22.7 Å². The number of aryl methyl sites for hydroxylation is 1. The minimum Gasteiger partial charge on any atom is -0.278 e. The van der Waals surface area contributed by atoms with Crippen LogP contribution in [0.2, 0.25) is 0 Å². The second-order valence-electron chi connectivity index (χ2n) is 6.90. The minimum absolute atomic E-state index is 0.0252. The SMILES string of the molecule is Cn1nc(N2CCC(=O)NC2=O)c2cc(F)c(C(C)(C)C)c(F)c21. The fourth-order valence-corrected chi connectivity index (χ4v) is 2.99. The molecule has 3 rings (SSSR count). The van der Waals surface area contributed by atoms with Crippen LogP contribution >= 0.6 is 0 Å². The molecule has 0 unspecified atom stereocenters. The van der Waals surface area contributed by atoms with E-state index in [0.717, 1.165) is 0 Å². The Hall–Kier alpha value is -2.51. The van der Waals surface area contributed by atoms with Gasteiger partial charge in [-0.1, -0.05) is 20.8 Å². The van der Waals surface area contributed by atoms with Gasteiger partial charge in [0.15, 0.2) is 11.6 Å². The maximum atomic E-state index is 15.0. The number of rotatable bonds is 1. The summed E-state index contributed by atoms with van der Waals surface area (Å²) in [6.07, 6.45) is 0.106. The second-order valence-corrected chi connectivity index (χ2v) is 6.90. The topological polar surface area (TPSA) is 67.2 Å². The second kappa shape index (κ2) is 5.25. The van der Waals surface area contributed by atoms with Gasteiger partial charge in [-0.2, -0.15) is 5.10 Å². The molecule has 0 atom stereocenters. The third kappa shape index (κ3) is 2.42. The van der Waals surface area contributed by atoms with E-state index in [1.807, 2.05) is 0 Å². The van der Waals surface area contributed by atoms with Crippen LogP contribution in [0.5, 0.6) is 0 Å². The van der Waals surface area contributed by atoms with Gasteiger partial charge >= 0.3 is 6.03 Å². The summed E-state index contributed by atoms with van der Waals surface area (Å²) in [5.41, 5.74) is -0.620. The van der Waals surface area contributed by atoms with E-state index in [0.29, 0.717) is 0 Å². The molecule has 3 amide bonds. The molecule has 1 aromatic heterocycles. The molecule has 24 heavy (non-hydrogen) atoms. The van der Waals surface area contributed by atoms with Crippen molar-refractivity contribution in [2.75, 3.05) is 11.4 Å². The normalized spacial score (nSPS) is 16.0. The molecule has 2 aromatic rings. The number of carbonyl (C=O) groups excluding carboxylic acids is 2. The molecule has 1 aromatic carbocycles. The number of hydrogen-bond acceptors (Lipinski definition) is 3. The number of imide groups is 1. The predicted molar refractivity (Wildman–Crippen MR) is 84.8 cm³/mol. The van der Waals surface area contributed by atoms with Crippen LogP contribution in [-0.4, -0.2) is 28.3 Å². The zero-order valence-electron chi connectivity index (χ0n) is 13.9. The van der Waals surface area contributed by atoms with Crippen molar-refractivity contribution in [3.8, 4) is 0 Å². The smallest absolute Gasteiger partial charge is 0.278 e. The molecule has 1 N–H and O–H groups in total. The number of amides is 3. The quantitative estimate of drug-likeness (QED) is 0.870. The van der Waals surface area contributed by atoms with Crippen LogP contribution in [0.4, 0.5) is 19.4 Å². The average molecular weight is 336 g/mol. The summed E-state index contributed by atoms with van der Waals surface area (Å²) < 4.78 is 30.8. The van der Waals surface area contributed by atoms with Crippen LogP contribution < -0.4 is 10.2 Å². The van der Waals surface area contributed by atoms with Crippen LogP contribution in [0, 0.1) is 11.6 Å². The Labute approximate surface area is 137 Å². The summed E-state index contributed by atoms with van der Waals surface area (Å²) in [4.78, 5) is 24.5. The number of benzene rings is 1. The number of carbonyl (C=O) groups is 2. The van der Waals surface area contributed by atoms with E-state index in [2.05, 4.69) is 10.4 Å². The molecule has 1 aliphatic rings. The molecule has 6 nitrogen and oxygen atoms in total. The Bertz CT molecular complexity index is 867. The molecular weight excluding hydrogens is 318 g/mol. The van der Waals surface area contributed by atoms with Crippen LogP contribution in [0.1, 0.15) is 32.8 Å². The molecule has 8 heteroatoms. The molecule has 0 saturated carbocycles. The molecule has 1 fully saturated rings. The highest BCUT2D eigenvalue weighted by atomic mass is 19.1. The van der Waals surface area contributed by atoms with Crippen molar-refractivity contribution in [2.24, 2.45) is 7.05 Å². The molecule has 0 bridgehead atoms. The monoisotopic (exact) mass is 336 g/mol. The van der Waals surface area contributed by atoms with Crippen molar-refractivity contribution in [1.82, 2.24) is 15.1 Å². The number of aromatic nitrogens is 2. The standard InChI is InChI=1S/C16H18F2N4O2/c1-16(2,3)11-9(17)7-8-13(12(11)18)21(4)20-14(8)22-6-5-10(23)19-15(22)24/h7H,5-6H2,1-4H3,(H,19,23,24). The van der Waals surface area contributed by atoms with Crippen LogP contribution in [0.25, 0.3) is 10.9 Å². The highest BCUT2D eigenvalue weighted by Crippen LogP contribution is 2.36. The highest BCUT2D eigenvalue weighted by Gasteiger charge is 2.32. The maximum absolute atomic E-state index is 15.0. The lowest BCUT2D eigenvalue weighted by Gasteiger charge is -2.25. The molecule has 128 valence electrons. The van der Waals surface area contributed by atoms with Crippen molar-refractivity contribution >= 4 is 28.7 Å². The van der Waals surface area contributed by atoms with Gasteiger partial charge in [0.05, 0.1) is 5.39 Å². The number of nitrogens with one attached hydrogen (secondary N) is 1. The summed E-state index contributed by atoms with van der Waals surface area (Å²) in [6, 6.07) is 0.553. The Kier molecular flexibility index (Phi) is 3.58. The number of nitrogens with zero attached hydrogens (tertiary/aromatic N) is 3. The molecular formula is C16H18F2N4O2. The van der Waals surface area contributed by atoms with Gasteiger partial charge in [-0.05, 0) is 11.5 Å². The first-order valence-electron chi connectivity index (χ1n) is 7.57. The Balaban J connectivity index is 2.23. The number of halogens is 2. The van der Waals surface area contributed by atoms with E-state index in [1.54, 1.807) is 20.8 Å². The van der Waals surface area contributed by atoms with Crippen LogP contribution in [0.15, 0.2) is 6.07 Å². The third-order valence-corrected chi connectivity index (χ3v) is 4.06. The van der Waals surface area contributed by atoms with E-state index in [4.69, 9.17) is 0 Å². The van der Waals surface area contributed by atoms with Crippen molar-refractivity contribution in [3.63, 3.8) is 0 Å². The van der Waals surface area contributed by atoms with Crippen molar-refractivity contribution in [1.29, 1.82) is 0 Å². The lowest BCUT2D eigenvalue weighted by atomic mass is 9.85. The third-order valence-electron chi connectivity index (χ3n) is 4.06. The Morgan fingerprint density at radius 3 is 2.50 bits per heavy atom. The van der Waals surface area contributed by atoms with Gasteiger partial charge in [0.2, 0.25) is 5.91 Å². The lowest BCUT2D eigenvalue weighted by Crippen LogP contribution is -2.49. The van der Waals surface area contributed by atoms with Crippen molar-refractivity contribution in [2.45, 2.75) is 32.6 Å². The minimum atomic E-state index is -0.721. The number of urea groups is 1. The highest BCUT2D eigenvalue weighted by molar-refractivity contribution is 6.08. The van der Waals surface area contributed by atoms with E-state index in [-0.39, 0.29) is 41.2 Å². The average Bonchev–Trinajstić information content (AvgIpc) is 2.74. The van der Waals surface area contributed by atoms with E-state index in [9.17, 15) is 18.4 Å². The fraction of sp³-hybridized carbons (Fsp3) is 0.438. The molecule has 1 saturated heterocycles. The van der Waals surface area contributed by atoms with Crippen LogP contribution in [-0.2, 0) is 17.3 Å². The number of fused-ring (bicyclic) bond motifs is 1. The number of hydrogen-bond donors (Lipinski definition) is 1. The first-order valence-corrected chi connectivity index (χ1v) is 7.57. The van der Waals surface area contributed by atoms with Crippen molar-refractivity contribution in [3.05, 3.63) is 23.3 Å². The maximum Gasteiger partial charge on any atom is 0.329 e. The van der Waals surface area contributed by atoms with Gasteiger partial charge in [0.1, 0.15) is 11.3 Å². The van der Waals surface area contributed by atoms with Gasteiger partial charge in [0.25, 0.3) is 0 Å². The van der Waals surface area contributed by atoms with Gasteiger partial charge in [-0.3, -0.25) is 19.7 Å². The first-order chi connectivity index (χ1) is 11.1. The van der Waals surface area contributed by atoms with Crippen LogP contribution in [0.3, 0.4) is 0 Å². The van der Waals surface area contributed by atoms with Gasteiger partial charge in [-0.25, -0.2) is 13.6 Å². The first kappa shape index (κ1) is 16.4. The zero-order valence-corrected chi connectivity index (χ0v) is 13.9. The molecule has 0 spiro atoms. The van der Waals surface area contributed by atoms with Gasteiger partial charge in [0, 0.05) is 25.6 Å². The Morgan fingerprint density at radius 1 is 1.25 bits per heavy atom.